The molecule has 0 bridgehead atoms. The first-order valence-corrected chi connectivity index (χ1v) is 6.27. The topological polar surface area (TPSA) is 112 Å². The lowest BCUT2D eigenvalue weighted by molar-refractivity contribution is 0.199. The van der Waals surface area contributed by atoms with Crippen molar-refractivity contribution in [3.05, 3.63) is 23.5 Å². The van der Waals surface area contributed by atoms with E-state index in [0.29, 0.717) is 30.6 Å². The van der Waals surface area contributed by atoms with Gasteiger partial charge in [-0.15, -0.1) is 0 Å². The van der Waals surface area contributed by atoms with Crippen molar-refractivity contribution >= 4 is 11.8 Å². The van der Waals surface area contributed by atoms with E-state index in [1.807, 2.05) is 13.8 Å². The van der Waals surface area contributed by atoms with Crippen LogP contribution in [0.2, 0.25) is 0 Å². The van der Waals surface area contributed by atoms with Gasteiger partial charge in [0.1, 0.15) is 11.9 Å². The van der Waals surface area contributed by atoms with Crippen molar-refractivity contribution < 1.29 is 9.26 Å². The van der Waals surface area contributed by atoms with Gasteiger partial charge in [-0.3, -0.25) is 0 Å². The van der Waals surface area contributed by atoms with E-state index in [9.17, 15) is 0 Å². The van der Waals surface area contributed by atoms with E-state index >= 15 is 0 Å². The van der Waals surface area contributed by atoms with Crippen molar-refractivity contribution in [2.24, 2.45) is 0 Å². The summed E-state index contributed by atoms with van der Waals surface area (Å²) >= 11 is 0. The Morgan fingerprint density at radius 1 is 1.45 bits per heavy atom. The molecular formula is C12H18N6O2. The van der Waals surface area contributed by atoms with E-state index in [4.69, 9.17) is 15.0 Å². The predicted molar refractivity (Wildman–Crippen MR) is 73.1 cm³/mol. The van der Waals surface area contributed by atoms with Crippen LogP contribution in [0, 0.1) is 6.92 Å². The fraction of sp³-hybridized carbons (Fsp3) is 0.500. The molecule has 0 amide bonds. The van der Waals surface area contributed by atoms with Crippen LogP contribution in [-0.2, 0) is 11.2 Å². The Bertz CT molecular complexity index is 571. The minimum absolute atomic E-state index is 0.174. The molecule has 0 aliphatic heterocycles. The van der Waals surface area contributed by atoms with Gasteiger partial charge in [0.05, 0.1) is 6.61 Å². The molecule has 20 heavy (non-hydrogen) atoms. The lowest BCUT2D eigenvalue weighted by atomic mass is 10.3. The van der Waals surface area contributed by atoms with Crippen LogP contribution in [-0.4, -0.2) is 33.8 Å². The van der Waals surface area contributed by atoms with Gasteiger partial charge in [0.25, 0.3) is 0 Å². The summed E-state index contributed by atoms with van der Waals surface area (Å²) in [7, 11) is 1.63. The van der Waals surface area contributed by atoms with Crippen molar-refractivity contribution in [2.45, 2.75) is 26.3 Å². The maximum absolute atomic E-state index is 5.57. The minimum atomic E-state index is -0.174. The number of ether oxygens (including phenoxy) is 1. The number of nitrogens with one attached hydrogen (secondary N) is 1. The fourth-order valence-corrected chi connectivity index (χ4v) is 1.61. The first-order valence-electron chi connectivity index (χ1n) is 6.27. The maximum atomic E-state index is 5.57. The molecular weight excluding hydrogens is 260 g/mol. The molecule has 0 spiro atoms. The van der Waals surface area contributed by atoms with Gasteiger partial charge in [-0.2, -0.15) is 9.97 Å². The van der Waals surface area contributed by atoms with Crippen molar-refractivity contribution in [2.75, 3.05) is 24.8 Å². The lowest BCUT2D eigenvalue weighted by Gasteiger charge is -2.12. The Kier molecular flexibility index (Phi) is 4.46. The molecule has 108 valence electrons. The third kappa shape index (κ3) is 3.41. The molecule has 0 saturated heterocycles. The van der Waals surface area contributed by atoms with E-state index in [1.165, 1.54) is 0 Å². The van der Waals surface area contributed by atoms with E-state index in [-0.39, 0.29) is 12.0 Å². The molecule has 2 aromatic heterocycles. The second kappa shape index (κ2) is 6.29. The van der Waals surface area contributed by atoms with Crippen LogP contribution < -0.4 is 11.1 Å². The van der Waals surface area contributed by atoms with Gasteiger partial charge < -0.3 is 20.3 Å². The normalized spacial score (nSPS) is 12.3. The summed E-state index contributed by atoms with van der Waals surface area (Å²) in [6.45, 7) is 4.36. The average Bonchev–Trinajstić information content (AvgIpc) is 2.89. The molecule has 0 aromatic carbocycles. The molecule has 0 fully saturated rings. The Hall–Kier alpha value is -2.22. The van der Waals surface area contributed by atoms with Gasteiger partial charge in [0.2, 0.25) is 11.8 Å². The Labute approximate surface area is 116 Å². The number of hydrogen-bond donors (Lipinski definition) is 2. The number of aryl methyl sites for hydroxylation is 1. The van der Waals surface area contributed by atoms with Gasteiger partial charge in [-0.25, -0.2) is 4.98 Å². The van der Waals surface area contributed by atoms with Crippen molar-refractivity contribution in [3.63, 3.8) is 0 Å². The Morgan fingerprint density at radius 3 is 3.00 bits per heavy atom. The highest BCUT2D eigenvalue weighted by Crippen LogP contribution is 2.19. The van der Waals surface area contributed by atoms with Gasteiger partial charge in [0.15, 0.2) is 5.82 Å². The third-order valence-corrected chi connectivity index (χ3v) is 2.73. The maximum Gasteiger partial charge on any atom is 0.248 e. The molecule has 1 atom stereocenters. The molecule has 0 radical (unpaired) electrons. The molecule has 8 nitrogen and oxygen atoms in total. The highest BCUT2D eigenvalue weighted by Gasteiger charge is 2.15. The van der Waals surface area contributed by atoms with Gasteiger partial charge in [-0.1, -0.05) is 5.16 Å². The molecule has 0 saturated carbocycles. The highest BCUT2D eigenvalue weighted by molar-refractivity contribution is 5.46. The smallest absolute Gasteiger partial charge is 0.248 e. The van der Waals surface area contributed by atoms with Gasteiger partial charge in [0, 0.05) is 25.3 Å². The summed E-state index contributed by atoms with van der Waals surface area (Å²) < 4.78 is 10.2. The minimum Gasteiger partial charge on any atom is -0.384 e. The Balaban J connectivity index is 2.05. The van der Waals surface area contributed by atoms with Crippen LogP contribution in [0.1, 0.15) is 30.2 Å². The van der Waals surface area contributed by atoms with Crippen LogP contribution in [0.15, 0.2) is 10.7 Å². The van der Waals surface area contributed by atoms with Crippen LogP contribution in [0.4, 0.5) is 11.8 Å². The van der Waals surface area contributed by atoms with Crippen LogP contribution in [0.3, 0.4) is 0 Å². The SMILES string of the molecule is COCCc1noc([C@H](C)Nc2nc(N)ncc2C)n1. The highest BCUT2D eigenvalue weighted by atomic mass is 16.5. The van der Waals surface area contributed by atoms with Crippen molar-refractivity contribution in [3.8, 4) is 0 Å². The molecule has 8 heteroatoms. The number of methoxy groups -OCH3 is 1. The number of nitrogens with two attached hydrogens (primary N) is 1. The van der Waals surface area contributed by atoms with Gasteiger partial charge >= 0.3 is 0 Å². The van der Waals surface area contributed by atoms with E-state index < -0.39 is 0 Å². The third-order valence-electron chi connectivity index (χ3n) is 2.73. The quantitative estimate of drug-likeness (QED) is 0.808. The predicted octanol–water partition coefficient (Wildman–Crippen LogP) is 1.11. The summed E-state index contributed by atoms with van der Waals surface area (Å²) in [6.07, 6.45) is 2.28. The van der Waals surface area contributed by atoms with Crippen molar-refractivity contribution in [1.82, 2.24) is 20.1 Å². The number of nitrogen functional groups attached to an aromatic ring is 1. The summed E-state index contributed by atoms with van der Waals surface area (Å²) in [5.74, 6) is 1.99. The molecule has 3 N–H and O–H groups in total. The zero-order valence-electron chi connectivity index (χ0n) is 11.8. The first-order chi connectivity index (χ1) is 9.60. The van der Waals surface area contributed by atoms with E-state index in [1.54, 1.807) is 13.3 Å². The largest absolute Gasteiger partial charge is 0.384 e. The first kappa shape index (κ1) is 14.2. The Morgan fingerprint density at radius 2 is 2.25 bits per heavy atom. The van der Waals surface area contributed by atoms with Gasteiger partial charge in [-0.05, 0) is 13.8 Å². The molecule has 0 aliphatic carbocycles. The van der Waals surface area contributed by atoms with Crippen molar-refractivity contribution in [1.29, 1.82) is 0 Å². The number of rotatable bonds is 6. The van der Waals surface area contributed by atoms with Crippen LogP contribution in [0.25, 0.3) is 0 Å². The monoisotopic (exact) mass is 278 g/mol. The van der Waals surface area contributed by atoms with Crippen LogP contribution in [0.5, 0.6) is 0 Å². The molecule has 0 aliphatic rings. The van der Waals surface area contributed by atoms with Crippen LogP contribution >= 0.6 is 0 Å². The molecule has 2 rings (SSSR count). The fourth-order valence-electron chi connectivity index (χ4n) is 1.61. The average molecular weight is 278 g/mol. The number of aromatic nitrogens is 4. The number of nitrogens with zero attached hydrogens (tertiary/aromatic N) is 4. The zero-order valence-corrected chi connectivity index (χ0v) is 11.8. The summed E-state index contributed by atoms with van der Waals surface area (Å²) in [4.78, 5) is 12.4. The summed E-state index contributed by atoms with van der Waals surface area (Å²) in [5, 5.41) is 7.07. The second-order valence-electron chi connectivity index (χ2n) is 4.42. The summed E-state index contributed by atoms with van der Waals surface area (Å²) in [5.41, 5.74) is 6.47. The lowest BCUT2D eigenvalue weighted by Crippen LogP contribution is -2.11. The molecule has 0 unspecified atom stereocenters. The molecule has 2 heterocycles. The summed E-state index contributed by atoms with van der Waals surface area (Å²) in [6, 6.07) is -0.174. The number of anilines is 2. The number of hydrogen-bond acceptors (Lipinski definition) is 8. The van der Waals surface area contributed by atoms with E-state index in [2.05, 4.69) is 25.4 Å². The zero-order chi connectivity index (χ0) is 14.5. The standard InChI is InChI=1S/C12H18N6O2/c1-7-6-14-12(13)17-10(7)15-8(2)11-16-9(18-20-11)4-5-19-3/h6,8H,4-5H2,1-3H3,(H3,13,14,15,17)/t8-/m0/s1. The van der Waals surface area contributed by atoms with E-state index in [0.717, 1.165) is 5.56 Å². The molecule has 2 aromatic rings. The second-order valence-corrected chi connectivity index (χ2v) is 4.42.